The van der Waals surface area contributed by atoms with Crippen LogP contribution in [0.25, 0.3) is 24.3 Å². The van der Waals surface area contributed by atoms with Crippen molar-refractivity contribution in [1.82, 2.24) is 0 Å². The monoisotopic (exact) mass is 150 g/mol. The van der Waals surface area contributed by atoms with E-state index in [-0.39, 0.29) is 0 Å². The second-order valence-corrected chi connectivity index (χ2v) is 3.16. The quantitative estimate of drug-likeness (QED) is 0.509. The van der Waals surface area contributed by atoms with Crippen LogP contribution in [0.15, 0.2) is 18.2 Å². The molecule has 12 heavy (non-hydrogen) atoms. The molecule has 1 aromatic heterocycles. The molecule has 0 saturated heterocycles. The molecule has 0 amide bonds. The van der Waals surface area contributed by atoms with Crippen LogP contribution in [0.1, 0.15) is 11.0 Å². The Labute approximate surface area is 71.5 Å². The second kappa shape index (κ2) is 2.07. The molecule has 0 nitrogen and oxygen atoms in total. The van der Waals surface area contributed by atoms with Gasteiger partial charge in [-0.25, -0.2) is 0 Å². The van der Waals surface area contributed by atoms with Crippen LogP contribution in [0.2, 0.25) is 0 Å². The van der Waals surface area contributed by atoms with Crippen molar-refractivity contribution in [3.63, 3.8) is 0 Å². The van der Waals surface area contributed by atoms with Gasteiger partial charge in [0.15, 0.2) is 0 Å². The normalized spacial score (nSPS) is 15.0. The molecule has 0 aromatic carbocycles. The van der Waals surface area contributed by atoms with Crippen molar-refractivity contribution in [2.24, 2.45) is 0 Å². The van der Waals surface area contributed by atoms with Crippen LogP contribution in [0.4, 0.5) is 0 Å². The van der Waals surface area contributed by atoms with E-state index in [0.29, 0.717) is 0 Å². The first-order chi connectivity index (χ1) is 5.93. The van der Waals surface area contributed by atoms with Gasteiger partial charge in [-0.2, -0.15) is 0 Å². The summed E-state index contributed by atoms with van der Waals surface area (Å²) >= 11 is 0. The van der Waals surface area contributed by atoms with Crippen molar-refractivity contribution in [3.8, 4) is 0 Å². The van der Waals surface area contributed by atoms with Gasteiger partial charge in [-0.3, -0.25) is 0 Å². The van der Waals surface area contributed by atoms with Crippen LogP contribution >= 0.6 is 0 Å². The average Bonchev–Trinajstić information content (AvgIpc) is 2.64. The first-order valence-electron chi connectivity index (χ1n) is 4.14. The summed E-state index contributed by atoms with van der Waals surface area (Å²) in [6, 6.07) is 2.24. The summed E-state index contributed by atoms with van der Waals surface area (Å²) in [4.78, 5) is 0. The van der Waals surface area contributed by atoms with Gasteiger partial charge >= 0.3 is 70.8 Å². The molecule has 3 rings (SSSR count). The van der Waals surface area contributed by atoms with E-state index >= 15 is 0 Å². The predicted octanol–water partition coefficient (Wildman–Crippen LogP) is 0.639. The zero-order chi connectivity index (χ0) is 7.97. The van der Waals surface area contributed by atoms with Crippen LogP contribution in [0.5, 0.6) is 0 Å². The summed E-state index contributed by atoms with van der Waals surface area (Å²) in [5.41, 5.74) is 2.68. The Morgan fingerprint density at radius 2 is 1.92 bits per heavy atom. The van der Waals surface area contributed by atoms with Crippen LogP contribution < -0.4 is 10.3 Å². The maximum absolute atomic E-state index is 2.24. The van der Waals surface area contributed by atoms with Gasteiger partial charge in [0.05, 0.1) is 0 Å². The molecule has 0 saturated carbocycles. The van der Waals surface area contributed by atoms with Crippen molar-refractivity contribution in [3.05, 3.63) is 39.6 Å². The van der Waals surface area contributed by atoms with Gasteiger partial charge in [0.1, 0.15) is 0 Å². The molecule has 0 spiro atoms. The zero-order valence-corrected chi connectivity index (χ0v) is 6.62. The van der Waals surface area contributed by atoms with Crippen LogP contribution in [0, 0.1) is 0 Å². The van der Waals surface area contributed by atoms with Crippen molar-refractivity contribution >= 4 is 31.2 Å². The van der Waals surface area contributed by atoms with E-state index in [1.165, 1.54) is 21.4 Å². The van der Waals surface area contributed by atoms with Crippen molar-refractivity contribution in [1.29, 1.82) is 0 Å². The van der Waals surface area contributed by atoms with E-state index in [1.807, 2.05) is 0 Å². The van der Waals surface area contributed by atoms with Gasteiger partial charge in [-0.1, -0.05) is 0 Å². The second-order valence-electron chi connectivity index (χ2n) is 3.16. The van der Waals surface area contributed by atoms with E-state index in [1.54, 1.807) is 0 Å². The van der Waals surface area contributed by atoms with Crippen LogP contribution in [-0.4, -0.2) is 6.91 Å². The van der Waals surface area contributed by atoms with Crippen molar-refractivity contribution < 1.29 is 0 Å². The first-order valence-corrected chi connectivity index (χ1v) is 4.14. The van der Waals surface area contributed by atoms with Crippen molar-refractivity contribution in [2.45, 2.75) is 0 Å². The van der Waals surface area contributed by atoms with Gasteiger partial charge < -0.3 is 0 Å². The molecule has 0 bridgehead atoms. The molecule has 1 aromatic rings. The summed E-state index contributed by atoms with van der Waals surface area (Å²) in [5, 5.41) is 2.68. The molecule has 54 valence electrons. The fourth-order valence-corrected chi connectivity index (χ4v) is 1.76. The number of hydrogen-bond donors (Lipinski definition) is 0. The number of hydrogen-bond acceptors (Lipinski definition) is 0. The molecule has 0 aliphatic heterocycles. The van der Waals surface area contributed by atoms with Gasteiger partial charge in [-0.15, -0.1) is 0 Å². The van der Waals surface area contributed by atoms with Crippen LogP contribution in [-0.2, 0) is 0 Å². The predicted molar refractivity (Wildman–Crippen MR) is 54.0 cm³/mol. The summed E-state index contributed by atoms with van der Waals surface area (Å²) in [6.07, 6.45) is 12.8. The molecule has 0 N–H and O–H groups in total. The number of fused-ring (bicyclic) bond motifs is 2. The van der Waals surface area contributed by atoms with Gasteiger partial charge in [0.25, 0.3) is 0 Å². The third kappa shape index (κ3) is 0.710. The molecule has 0 fully saturated rings. The molecular formula is C11H7B. The standard InChI is InChI=1S/C11H7B/c1-3-8-7-9-4-2-6-11(9)12-10(8)5-1/h1-7H. The molecule has 1 heterocycles. The number of allylic oxidation sites excluding steroid dienone is 2. The Morgan fingerprint density at radius 1 is 1.00 bits per heavy atom. The van der Waals surface area contributed by atoms with E-state index in [0.717, 1.165) is 0 Å². The van der Waals surface area contributed by atoms with E-state index in [4.69, 9.17) is 0 Å². The summed E-state index contributed by atoms with van der Waals surface area (Å²) in [5.74, 6) is 0. The summed E-state index contributed by atoms with van der Waals surface area (Å²) in [6.45, 7) is 2.24. The molecule has 2 aliphatic rings. The first kappa shape index (κ1) is 6.18. The topological polar surface area (TPSA) is 0 Å². The minimum absolute atomic E-state index is 1.34. The average molecular weight is 150 g/mol. The molecule has 0 unspecified atom stereocenters. The Hall–Kier alpha value is -1.37. The molecule has 2 aliphatic carbocycles. The number of rotatable bonds is 0. The van der Waals surface area contributed by atoms with Gasteiger partial charge in [0.2, 0.25) is 0 Å². The molecule has 1 heteroatoms. The van der Waals surface area contributed by atoms with E-state index in [9.17, 15) is 0 Å². The Morgan fingerprint density at radius 3 is 2.92 bits per heavy atom. The summed E-state index contributed by atoms with van der Waals surface area (Å²) in [7, 11) is 0. The Balaban J connectivity index is 2.50. The van der Waals surface area contributed by atoms with Gasteiger partial charge in [0, 0.05) is 0 Å². The third-order valence-corrected chi connectivity index (χ3v) is 2.39. The Bertz CT molecular complexity index is 469. The fraction of sp³-hybridized carbons (Fsp3) is 0. The molecule has 0 radical (unpaired) electrons. The van der Waals surface area contributed by atoms with E-state index in [2.05, 4.69) is 49.4 Å². The summed E-state index contributed by atoms with van der Waals surface area (Å²) < 4.78 is 0. The minimum atomic E-state index is 1.34. The SMILES string of the molecule is b1c2c(cc3c1=CC=C3)=CC=C2. The van der Waals surface area contributed by atoms with Gasteiger partial charge in [-0.05, 0) is 0 Å². The Kier molecular flexibility index (Phi) is 1.07. The van der Waals surface area contributed by atoms with Crippen LogP contribution in [0.3, 0.4) is 0 Å². The van der Waals surface area contributed by atoms with E-state index < -0.39 is 0 Å². The fourth-order valence-electron chi connectivity index (χ4n) is 1.76. The molecular weight excluding hydrogens is 143 g/mol. The zero-order valence-electron chi connectivity index (χ0n) is 6.62. The molecule has 0 atom stereocenters. The maximum atomic E-state index is 2.24. The third-order valence-electron chi connectivity index (χ3n) is 2.39. The van der Waals surface area contributed by atoms with Crippen molar-refractivity contribution in [2.75, 3.05) is 0 Å².